The maximum absolute atomic E-state index is 12.2. The molecule has 3 rings (SSSR count). The molecule has 23 heavy (non-hydrogen) atoms. The Bertz CT molecular complexity index is 801. The normalized spacial score (nSPS) is 10.3. The lowest BCUT2D eigenvalue weighted by Gasteiger charge is -2.08. The third kappa shape index (κ3) is 3.55. The first-order chi connectivity index (χ1) is 11.2. The van der Waals surface area contributed by atoms with Gasteiger partial charge >= 0.3 is 5.97 Å². The summed E-state index contributed by atoms with van der Waals surface area (Å²) in [4.78, 5) is 16.3. The number of phenolic OH excluding ortho intramolecular Hbond substituents is 1. The number of esters is 1. The van der Waals surface area contributed by atoms with Gasteiger partial charge in [0.05, 0.1) is 0 Å². The number of pyridine rings is 1. The molecule has 1 aromatic heterocycles. The summed E-state index contributed by atoms with van der Waals surface area (Å²) in [5.74, 6) is -0.659. The highest BCUT2D eigenvalue weighted by molar-refractivity contribution is 5.94. The van der Waals surface area contributed by atoms with Crippen molar-refractivity contribution >= 4 is 5.97 Å². The van der Waals surface area contributed by atoms with Crippen LogP contribution in [0.25, 0.3) is 11.1 Å². The fraction of sp³-hybridized carbons (Fsp3) is 0.0526. The molecule has 0 fully saturated rings. The van der Waals surface area contributed by atoms with Crippen LogP contribution < -0.4 is 0 Å². The van der Waals surface area contributed by atoms with Gasteiger partial charge in [0.1, 0.15) is 17.9 Å². The zero-order valence-electron chi connectivity index (χ0n) is 12.3. The Morgan fingerprint density at radius 2 is 1.83 bits per heavy atom. The summed E-state index contributed by atoms with van der Waals surface area (Å²) in [5, 5.41) is 9.93. The summed E-state index contributed by atoms with van der Waals surface area (Å²) in [7, 11) is 0. The van der Waals surface area contributed by atoms with Crippen LogP contribution in [-0.4, -0.2) is 16.1 Å². The monoisotopic (exact) mass is 305 g/mol. The highest BCUT2D eigenvalue weighted by atomic mass is 16.5. The van der Waals surface area contributed by atoms with E-state index in [-0.39, 0.29) is 17.9 Å². The number of carbonyl (C=O) groups is 1. The molecule has 0 saturated carbocycles. The average molecular weight is 305 g/mol. The lowest BCUT2D eigenvalue weighted by atomic mass is 10.0. The average Bonchev–Trinajstić information content (AvgIpc) is 2.62. The first kappa shape index (κ1) is 14.8. The van der Waals surface area contributed by atoms with Crippen LogP contribution in [0.15, 0.2) is 73.1 Å². The van der Waals surface area contributed by atoms with Crippen molar-refractivity contribution in [1.29, 1.82) is 0 Å². The number of hydrogen-bond donors (Lipinski definition) is 1. The van der Waals surface area contributed by atoms with E-state index in [2.05, 4.69) is 4.98 Å². The number of aromatic nitrogens is 1. The quantitative estimate of drug-likeness (QED) is 0.745. The van der Waals surface area contributed by atoms with Crippen molar-refractivity contribution in [3.05, 3.63) is 84.2 Å². The zero-order chi connectivity index (χ0) is 16.1. The van der Waals surface area contributed by atoms with E-state index in [9.17, 15) is 9.90 Å². The molecule has 0 spiro atoms. The third-order valence-electron chi connectivity index (χ3n) is 3.42. The summed E-state index contributed by atoms with van der Waals surface area (Å²) in [6.07, 6.45) is 3.38. The van der Waals surface area contributed by atoms with E-state index in [4.69, 9.17) is 4.74 Å². The van der Waals surface area contributed by atoms with Gasteiger partial charge in [0.2, 0.25) is 0 Å². The van der Waals surface area contributed by atoms with Crippen molar-refractivity contribution in [1.82, 2.24) is 4.98 Å². The summed E-state index contributed by atoms with van der Waals surface area (Å²) in [5.41, 5.74) is 2.69. The minimum Gasteiger partial charge on any atom is -0.507 e. The molecule has 4 nitrogen and oxygen atoms in total. The molecule has 4 heteroatoms. The van der Waals surface area contributed by atoms with Crippen LogP contribution in [0.4, 0.5) is 0 Å². The van der Waals surface area contributed by atoms with Gasteiger partial charge in [-0.15, -0.1) is 0 Å². The number of ether oxygens (including phenoxy) is 1. The first-order valence-electron chi connectivity index (χ1n) is 7.18. The number of benzene rings is 2. The molecule has 2 aromatic carbocycles. The third-order valence-corrected chi connectivity index (χ3v) is 3.42. The fourth-order valence-corrected chi connectivity index (χ4v) is 2.21. The van der Waals surface area contributed by atoms with Crippen molar-refractivity contribution in [2.75, 3.05) is 0 Å². The highest BCUT2D eigenvalue weighted by Gasteiger charge is 2.14. The van der Waals surface area contributed by atoms with Gasteiger partial charge in [-0.1, -0.05) is 42.5 Å². The predicted molar refractivity (Wildman–Crippen MR) is 86.9 cm³/mol. The molecule has 0 atom stereocenters. The van der Waals surface area contributed by atoms with Gasteiger partial charge in [0.25, 0.3) is 0 Å². The van der Waals surface area contributed by atoms with E-state index in [1.54, 1.807) is 24.5 Å². The molecule has 0 radical (unpaired) electrons. The standard InChI is InChI=1S/C19H15NO3/c21-18-9-8-15(16-7-4-10-20-12-16)11-17(18)19(22)23-13-14-5-2-1-3-6-14/h1-12,21H,13H2. The van der Waals surface area contributed by atoms with E-state index in [0.717, 1.165) is 16.7 Å². The second-order valence-corrected chi connectivity index (χ2v) is 5.04. The zero-order valence-corrected chi connectivity index (χ0v) is 12.3. The number of hydrogen-bond acceptors (Lipinski definition) is 4. The maximum Gasteiger partial charge on any atom is 0.342 e. The largest absolute Gasteiger partial charge is 0.507 e. The SMILES string of the molecule is O=C(OCc1ccccc1)c1cc(-c2cccnc2)ccc1O. The molecule has 0 amide bonds. The molecule has 114 valence electrons. The van der Waals surface area contributed by atoms with E-state index in [1.807, 2.05) is 42.5 Å². The van der Waals surface area contributed by atoms with Crippen molar-refractivity contribution in [2.45, 2.75) is 6.61 Å². The molecule has 0 aliphatic carbocycles. The maximum atomic E-state index is 12.2. The van der Waals surface area contributed by atoms with E-state index in [0.29, 0.717) is 0 Å². The van der Waals surface area contributed by atoms with Gasteiger partial charge in [-0.2, -0.15) is 0 Å². The van der Waals surface area contributed by atoms with Gasteiger partial charge in [-0.3, -0.25) is 4.98 Å². The smallest absolute Gasteiger partial charge is 0.342 e. The Morgan fingerprint density at radius 3 is 2.57 bits per heavy atom. The van der Waals surface area contributed by atoms with Crippen LogP contribution in [0.5, 0.6) is 5.75 Å². The molecule has 1 heterocycles. The molecule has 1 N–H and O–H groups in total. The van der Waals surface area contributed by atoms with Gasteiger partial charge in [-0.25, -0.2) is 4.79 Å². The minimum absolute atomic E-state index is 0.101. The van der Waals surface area contributed by atoms with E-state index >= 15 is 0 Å². The van der Waals surface area contributed by atoms with E-state index < -0.39 is 5.97 Å². The van der Waals surface area contributed by atoms with Crippen LogP contribution in [0.3, 0.4) is 0 Å². The highest BCUT2D eigenvalue weighted by Crippen LogP contribution is 2.26. The molecule has 0 bridgehead atoms. The van der Waals surface area contributed by atoms with Gasteiger partial charge in [0.15, 0.2) is 0 Å². The van der Waals surface area contributed by atoms with E-state index in [1.165, 1.54) is 6.07 Å². The summed E-state index contributed by atoms with van der Waals surface area (Å²) >= 11 is 0. The lowest BCUT2D eigenvalue weighted by molar-refractivity contribution is 0.0469. The second-order valence-electron chi connectivity index (χ2n) is 5.04. The molecule has 0 aliphatic rings. The molecular weight excluding hydrogens is 290 g/mol. The van der Waals surface area contributed by atoms with Crippen molar-refractivity contribution in [3.63, 3.8) is 0 Å². The molecule has 0 unspecified atom stereocenters. The van der Waals surface area contributed by atoms with Crippen molar-refractivity contribution in [3.8, 4) is 16.9 Å². The molecule has 0 aliphatic heterocycles. The number of aromatic hydroxyl groups is 1. The topological polar surface area (TPSA) is 59.4 Å². The first-order valence-corrected chi connectivity index (χ1v) is 7.18. The van der Waals surface area contributed by atoms with Crippen LogP contribution >= 0.6 is 0 Å². The number of rotatable bonds is 4. The molecular formula is C19H15NO3. The number of phenols is 1. The van der Waals surface area contributed by atoms with Gasteiger partial charge < -0.3 is 9.84 Å². The van der Waals surface area contributed by atoms with Gasteiger partial charge in [0, 0.05) is 18.0 Å². The minimum atomic E-state index is -0.558. The van der Waals surface area contributed by atoms with Crippen LogP contribution in [0.1, 0.15) is 15.9 Å². The van der Waals surface area contributed by atoms with Crippen molar-refractivity contribution < 1.29 is 14.6 Å². The van der Waals surface area contributed by atoms with Gasteiger partial charge in [-0.05, 0) is 29.3 Å². The Labute approximate surface area is 134 Å². The Morgan fingerprint density at radius 1 is 1.00 bits per heavy atom. The summed E-state index contributed by atoms with van der Waals surface area (Å²) in [6.45, 7) is 0.163. The Balaban J connectivity index is 1.80. The number of carbonyl (C=O) groups excluding carboxylic acids is 1. The Hall–Kier alpha value is -3.14. The Kier molecular flexibility index (Phi) is 4.34. The fourth-order valence-electron chi connectivity index (χ4n) is 2.21. The summed E-state index contributed by atoms with van der Waals surface area (Å²) in [6, 6.07) is 17.9. The van der Waals surface area contributed by atoms with Crippen LogP contribution in [0, 0.1) is 0 Å². The second kappa shape index (κ2) is 6.75. The van der Waals surface area contributed by atoms with Crippen LogP contribution in [-0.2, 0) is 11.3 Å². The lowest BCUT2D eigenvalue weighted by Crippen LogP contribution is -2.05. The van der Waals surface area contributed by atoms with Crippen molar-refractivity contribution in [2.24, 2.45) is 0 Å². The molecule has 3 aromatic rings. The molecule has 0 saturated heterocycles. The number of nitrogens with zero attached hydrogens (tertiary/aromatic N) is 1. The summed E-state index contributed by atoms with van der Waals surface area (Å²) < 4.78 is 5.27. The van der Waals surface area contributed by atoms with Crippen LogP contribution in [0.2, 0.25) is 0 Å². The predicted octanol–water partition coefficient (Wildman–Crippen LogP) is 3.81.